The van der Waals surface area contributed by atoms with Crippen LogP contribution in [0.25, 0.3) is 0 Å². The molecule has 0 amide bonds. The van der Waals surface area contributed by atoms with E-state index in [2.05, 4.69) is 38.2 Å². The van der Waals surface area contributed by atoms with E-state index in [1.165, 1.54) is 148 Å². The van der Waals surface area contributed by atoms with E-state index in [1.54, 1.807) is 0 Å². The quantitative estimate of drug-likeness (QED) is 0.0436. The van der Waals surface area contributed by atoms with Gasteiger partial charge in [0.1, 0.15) is 6.10 Å². The van der Waals surface area contributed by atoms with Crippen molar-refractivity contribution in [3.63, 3.8) is 0 Å². The van der Waals surface area contributed by atoms with Crippen LogP contribution in [0.5, 0.6) is 0 Å². The van der Waals surface area contributed by atoms with Crippen molar-refractivity contribution in [1.82, 2.24) is 0 Å². The molecule has 1 atom stereocenters. The molecule has 0 aliphatic heterocycles. The third-order valence-electron chi connectivity index (χ3n) is 8.66. The van der Waals surface area contributed by atoms with Crippen LogP contribution >= 0.6 is 0 Å². The molecule has 0 fully saturated rings. The minimum absolute atomic E-state index is 0.0718. The Morgan fingerprint density at radius 1 is 0.523 bits per heavy atom. The molecule has 0 aromatic rings. The number of aliphatic carboxylic acids is 1. The highest BCUT2D eigenvalue weighted by Crippen LogP contribution is 2.17. The van der Waals surface area contributed by atoms with Crippen LogP contribution in [0.1, 0.15) is 213 Å². The summed E-state index contributed by atoms with van der Waals surface area (Å²) in [4.78, 5) is 23.6. The first kappa shape index (κ1) is 42.4. The molecule has 258 valence electrons. The molecule has 44 heavy (non-hydrogen) atoms. The van der Waals surface area contributed by atoms with Crippen molar-refractivity contribution in [1.29, 1.82) is 0 Å². The molecule has 4 nitrogen and oxygen atoms in total. The van der Waals surface area contributed by atoms with E-state index in [4.69, 9.17) is 4.74 Å². The van der Waals surface area contributed by atoms with Crippen molar-refractivity contribution >= 4 is 11.9 Å². The van der Waals surface area contributed by atoms with Crippen LogP contribution in [-0.2, 0) is 14.3 Å². The number of carbonyl (C=O) groups excluding carboxylic acids is 1. The van der Waals surface area contributed by atoms with Gasteiger partial charge in [0.25, 0.3) is 0 Å². The second kappa shape index (κ2) is 35.9. The Balaban J connectivity index is 3.59. The Kier molecular flexibility index (Phi) is 34.6. The molecule has 1 unspecified atom stereocenters. The lowest BCUT2D eigenvalue weighted by molar-refractivity contribution is -0.153. The maximum atomic E-state index is 12.3. The first-order valence-corrected chi connectivity index (χ1v) is 19.3. The zero-order valence-electron chi connectivity index (χ0n) is 29.5. The van der Waals surface area contributed by atoms with E-state index < -0.39 is 12.1 Å². The summed E-state index contributed by atoms with van der Waals surface area (Å²) < 4.78 is 5.57. The van der Waals surface area contributed by atoms with E-state index in [0.29, 0.717) is 12.8 Å². The molecule has 0 aliphatic carbocycles. The first-order valence-electron chi connectivity index (χ1n) is 19.3. The number of carboxylic acid groups (broad SMARTS) is 1. The van der Waals surface area contributed by atoms with Gasteiger partial charge in [0.15, 0.2) is 0 Å². The number of carboxylic acids is 1. The van der Waals surface area contributed by atoms with E-state index in [9.17, 15) is 14.7 Å². The topological polar surface area (TPSA) is 63.6 Å². The van der Waals surface area contributed by atoms with Gasteiger partial charge in [-0.1, -0.05) is 173 Å². The maximum absolute atomic E-state index is 12.3. The molecule has 0 radical (unpaired) electrons. The monoisotopic (exact) mass is 619 g/mol. The fourth-order valence-electron chi connectivity index (χ4n) is 5.82. The Morgan fingerprint density at radius 3 is 1.39 bits per heavy atom. The summed E-state index contributed by atoms with van der Waals surface area (Å²) in [6.45, 7) is 4.51. The van der Waals surface area contributed by atoms with Crippen LogP contribution in [0.15, 0.2) is 24.3 Å². The standard InChI is InChI=1S/C40H74O4/c1-3-5-7-9-11-13-15-16-17-18-19-20-21-22-23-24-26-28-30-32-34-36-40(43)44-38(37-39(41)42)35-33-31-29-27-25-14-12-10-8-6-4-2/h11,13,16-17,38H,3-10,12,14-15,18-37H2,1-2H3,(H,41,42)/b13-11-,17-16-. The number of allylic oxidation sites excluding steroid dienone is 4. The molecule has 0 aromatic carbocycles. The van der Waals surface area contributed by atoms with Crippen molar-refractivity contribution in [2.45, 2.75) is 219 Å². The number of ether oxygens (including phenoxy) is 1. The van der Waals surface area contributed by atoms with Crippen molar-refractivity contribution in [3.8, 4) is 0 Å². The summed E-state index contributed by atoms with van der Waals surface area (Å²) in [5.41, 5.74) is 0. The van der Waals surface area contributed by atoms with E-state index in [1.807, 2.05) is 0 Å². The molecule has 1 N–H and O–H groups in total. The normalized spacial score (nSPS) is 12.4. The molecule has 0 spiro atoms. The summed E-state index contributed by atoms with van der Waals surface area (Å²) in [6.07, 6.45) is 44.9. The third-order valence-corrected chi connectivity index (χ3v) is 8.66. The highest BCUT2D eigenvalue weighted by Gasteiger charge is 2.17. The van der Waals surface area contributed by atoms with Gasteiger partial charge in [-0.25, -0.2) is 0 Å². The smallest absolute Gasteiger partial charge is 0.307 e. The van der Waals surface area contributed by atoms with E-state index in [0.717, 1.165) is 32.1 Å². The van der Waals surface area contributed by atoms with Crippen LogP contribution < -0.4 is 0 Å². The van der Waals surface area contributed by atoms with Crippen molar-refractivity contribution in [2.75, 3.05) is 0 Å². The number of hydrogen-bond donors (Lipinski definition) is 1. The van der Waals surface area contributed by atoms with Gasteiger partial charge in [0.05, 0.1) is 6.42 Å². The molecule has 0 aliphatic rings. The van der Waals surface area contributed by atoms with Crippen molar-refractivity contribution < 1.29 is 19.4 Å². The molecule has 4 heteroatoms. The van der Waals surface area contributed by atoms with Gasteiger partial charge in [-0.2, -0.15) is 0 Å². The number of esters is 1. The van der Waals surface area contributed by atoms with E-state index >= 15 is 0 Å². The molecular weight excluding hydrogens is 544 g/mol. The second-order valence-corrected chi connectivity index (χ2v) is 13.1. The highest BCUT2D eigenvalue weighted by atomic mass is 16.5. The van der Waals surface area contributed by atoms with Crippen LogP contribution in [0.4, 0.5) is 0 Å². The highest BCUT2D eigenvalue weighted by molar-refractivity contribution is 5.71. The molecule has 0 rings (SSSR count). The Hall–Kier alpha value is -1.58. The van der Waals surface area contributed by atoms with Gasteiger partial charge in [0.2, 0.25) is 0 Å². The van der Waals surface area contributed by atoms with Gasteiger partial charge in [0, 0.05) is 6.42 Å². The fourth-order valence-corrected chi connectivity index (χ4v) is 5.82. The van der Waals surface area contributed by atoms with Crippen LogP contribution in [0.3, 0.4) is 0 Å². The molecule has 0 saturated heterocycles. The molecule has 0 bridgehead atoms. The molecule has 0 saturated carbocycles. The van der Waals surface area contributed by atoms with Gasteiger partial charge in [-0.15, -0.1) is 0 Å². The zero-order chi connectivity index (χ0) is 32.2. The zero-order valence-corrected chi connectivity index (χ0v) is 29.5. The number of unbranched alkanes of at least 4 members (excludes halogenated alkanes) is 24. The Morgan fingerprint density at radius 2 is 0.909 bits per heavy atom. The molecule has 0 aromatic heterocycles. The van der Waals surface area contributed by atoms with Gasteiger partial charge < -0.3 is 9.84 Å². The SMILES string of the molecule is CCCCC/C=C\C/C=C\CCCCCCCCCCCCCC(=O)OC(CCCCCCCCCCCCC)CC(=O)O. The number of rotatable bonds is 35. The van der Waals surface area contributed by atoms with Crippen molar-refractivity contribution in [2.24, 2.45) is 0 Å². The predicted molar refractivity (Wildman–Crippen MR) is 190 cm³/mol. The summed E-state index contributed by atoms with van der Waals surface area (Å²) >= 11 is 0. The van der Waals surface area contributed by atoms with Gasteiger partial charge in [-0.05, 0) is 51.4 Å². The van der Waals surface area contributed by atoms with Gasteiger partial charge in [-0.3, -0.25) is 9.59 Å². The molecule has 0 heterocycles. The lowest BCUT2D eigenvalue weighted by atomic mass is 10.0. The van der Waals surface area contributed by atoms with Crippen molar-refractivity contribution in [3.05, 3.63) is 24.3 Å². The predicted octanol–water partition coefficient (Wildman–Crippen LogP) is 13.2. The third kappa shape index (κ3) is 34.9. The van der Waals surface area contributed by atoms with Crippen LogP contribution in [-0.4, -0.2) is 23.1 Å². The fraction of sp³-hybridized carbons (Fsp3) is 0.850. The lowest BCUT2D eigenvalue weighted by Gasteiger charge is -2.16. The Bertz CT molecular complexity index is 668. The Labute approximate surface area is 274 Å². The minimum atomic E-state index is -0.880. The summed E-state index contributed by atoms with van der Waals surface area (Å²) in [6, 6.07) is 0. The first-order chi connectivity index (χ1) is 21.6. The van der Waals surface area contributed by atoms with Gasteiger partial charge >= 0.3 is 11.9 Å². The summed E-state index contributed by atoms with van der Waals surface area (Å²) in [5, 5.41) is 9.23. The lowest BCUT2D eigenvalue weighted by Crippen LogP contribution is -2.21. The number of carbonyl (C=O) groups is 2. The second-order valence-electron chi connectivity index (χ2n) is 13.1. The number of hydrogen-bond acceptors (Lipinski definition) is 3. The maximum Gasteiger partial charge on any atom is 0.307 e. The summed E-state index contributed by atoms with van der Waals surface area (Å²) in [5.74, 6) is -1.10. The average molecular weight is 619 g/mol. The largest absolute Gasteiger partial charge is 0.481 e. The molecular formula is C40H74O4. The average Bonchev–Trinajstić information content (AvgIpc) is 3.00. The van der Waals surface area contributed by atoms with Crippen LogP contribution in [0, 0.1) is 0 Å². The van der Waals surface area contributed by atoms with Crippen LogP contribution in [0.2, 0.25) is 0 Å². The van der Waals surface area contributed by atoms with E-state index in [-0.39, 0.29) is 12.4 Å². The minimum Gasteiger partial charge on any atom is -0.481 e. The summed E-state index contributed by atoms with van der Waals surface area (Å²) in [7, 11) is 0.